The van der Waals surface area contributed by atoms with Gasteiger partial charge in [-0.15, -0.1) is 0 Å². The summed E-state index contributed by atoms with van der Waals surface area (Å²) in [5, 5.41) is 0. The Balaban J connectivity index is 4.37. The van der Waals surface area contributed by atoms with E-state index >= 15 is 0 Å². The van der Waals surface area contributed by atoms with E-state index in [1.54, 1.807) is 0 Å². The van der Waals surface area contributed by atoms with Crippen molar-refractivity contribution in [1.82, 2.24) is 0 Å². The zero-order chi connectivity index (χ0) is 14.7. The minimum atomic E-state index is -3.74. The molecule has 0 aliphatic carbocycles. The first-order valence-corrected chi connectivity index (χ1v) is 8.51. The number of rotatable bonds is 11. The zero-order valence-electron chi connectivity index (χ0n) is 12.5. The number of carbonyl (C=O) groups is 1. The highest BCUT2D eigenvalue weighted by atomic mass is 31.2. The van der Waals surface area contributed by atoms with E-state index in [0.717, 1.165) is 25.7 Å². The third-order valence-electron chi connectivity index (χ3n) is 2.28. The molecule has 0 aliphatic rings. The summed E-state index contributed by atoms with van der Waals surface area (Å²) in [7, 11) is -3.74. The highest BCUT2D eigenvalue weighted by molar-refractivity contribution is 7.49. The second kappa shape index (κ2) is 10.4. The van der Waals surface area contributed by atoms with Gasteiger partial charge in [-0.05, 0) is 18.8 Å². The third-order valence-corrected chi connectivity index (χ3v) is 3.71. The van der Waals surface area contributed by atoms with Gasteiger partial charge in [0.25, 0.3) is 0 Å². The number of hydrogen-bond donors (Lipinski definition) is 0. The molecule has 0 aromatic rings. The van der Waals surface area contributed by atoms with Crippen LogP contribution in [0.25, 0.3) is 0 Å². The van der Waals surface area contributed by atoms with Crippen LogP contribution < -0.4 is 0 Å². The molecular formula is C13H27O5P. The number of carbonyl (C=O) groups excluding carboxylic acids is 1. The molecule has 0 rings (SSSR count). The molecule has 0 unspecified atom stereocenters. The van der Waals surface area contributed by atoms with Gasteiger partial charge in [-0.25, -0.2) is 4.57 Å². The molecule has 19 heavy (non-hydrogen) atoms. The zero-order valence-corrected chi connectivity index (χ0v) is 13.4. The SMILES string of the molecule is CCCCOP(=O)(OCCCC)OC(=O)CC(C)C. The lowest BCUT2D eigenvalue weighted by molar-refractivity contribution is -0.137. The monoisotopic (exact) mass is 294 g/mol. The van der Waals surface area contributed by atoms with Crippen molar-refractivity contribution in [2.45, 2.75) is 59.8 Å². The number of phosphoric ester groups is 1. The first-order valence-electron chi connectivity index (χ1n) is 7.05. The Morgan fingerprint density at radius 2 is 1.53 bits per heavy atom. The van der Waals surface area contributed by atoms with Gasteiger partial charge < -0.3 is 4.52 Å². The van der Waals surface area contributed by atoms with E-state index in [2.05, 4.69) is 0 Å². The maximum atomic E-state index is 12.3. The summed E-state index contributed by atoms with van der Waals surface area (Å²) in [6.07, 6.45) is 3.54. The molecule has 0 N–H and O–H groups in total. The maximum Gasteiger partial charge on any atom is 0.532 e. The van der Waals surface area contributed by atoms with Crippen molar-refractivity contribution < 1.29 is 22.9 Å². The lowest BCUT2D eigenvalue weighted by Crippen LogP contribution is -2.10. The van der Waals surface area contributed by atoms with Gasteiger partial charge in [0, 0.05) is 6.42 Å². The van der Waals surface area contributed by atoms with Crippen LogP contribution in [-0.4, -0.2) is 19.2 Å². The molecule has 0 saturated heterocycles. The Kier molecular flexibility index (Phi) is 10.2. The van der Waals surface area contributed by atoms with E-state index in [-0.39, 0.29) is 25.6 Å². The lowest BCUT2D eigenvalue weighted by atomic mass is 10.1. The molecule has 0 aromatic heterocycles. The average molecular weight is 294 g/mol. The quantitative estimate of drug-likeness (QED) is 0.419. The van der Waals surface area contributed by atoms with Gasteiger partial charge in [0.15, 0.2) is 0 Å². The van der Waals surface area contributed by atoms with Crippen LogP contribution in [0.4, 0.5) is 0 Å². The standard InChI is InChI=1S/C13H27O5P/c1-5-7-9-16-19(15,17-10-8-6-2)18-13(14)11-12(3)4/h12H,5-11H2,1-4H3. The topological polar surface area (TPSA) is 61.8 Å². The summed E-state index contributed by atoms with van der Waals surface area (Å²) < 4.78 is 27.5. The molecule has 0 amide bonds. The van der Waals surface area contributed by atoms with Crippen LogP contribution in [0, 0.1) is 5.92 Å². The van der Waals surface area contributed by atoms with Crippen LogP contribution in [0.3, 0.4) is 0 Å². The smallest absolute Gasteiger partial charge is 0.370 e. The summed E-state index contributed by atoms with van der Waals surface area (Å²) in [6, 6.07) is 0. The normalized spacial score (nSPS) is 11.8. The Hall–Kier alpha value is -0.380. The molecule has 0 bridgehead atoms. The van der Waals surface area contributed by atoms with Gasteiger partial charge in [0.05, 0.1) is 13.2 Å². The van der Waals surface area contributed by atoms with Gasteiger partial charge in [0.2, 0.25) is 0 Å². The third kappa shape index (κ3) is 10.1. The van der Waals surface area contributed by atoms with E-state index in [1.165, 1.54) is 0 Å². The fraction of sp³-hybridized carbons (Fsp3) is 0.923. The fourth-order valence-electron chi connectivity index (χ4n) is 1.23. The molecule has 0 aliphatic heterocycles. The van der Waals surface area contributed by atoms with Gasteiger partial charge in [-0.1, -0.05) is 40.5 Å². The minimum absolute atomic E-state index is 0.146. The van der Waals surface area contributed by atoms with Gasteiger partial charge in [-0.2, -0.15) is 0 Å². The molecule has 0 spiro atoms. The number of unbranched alkanes of at least 4 members (excludes halogenated alkanes) is 2. The largest absolute Gasteiger partial charge is 0.532 e. The van der Waals surface area contributed by atoms with Crippen molar-refractivity contribution in [2.24, 2.45) is 5.92 Å². The number of hydrogen-bond acceptors (Lipinski definition) is 5. The summed E-state index contributed by atoms with van der Waals surface area (Å²) in [6.45, 7) is 8.32. The van der Waals surface area contributed by atoms with Crippen molar-refractivity contribution >= 4 is 13.8 Å². The highest BCUT2D eigenvalue weighted by Gasteiger charge is 2.30. The summed E-state index contributed by atoms with van der Waals surface area (Å²) in [5.41, 5.74) is 0. The summed E-state index contributed by atoms with van der Waals surface area (Å²) in [5.74, 6) is -0.390. The summed E-state index contributed by atoms with van der Waals surface area (Å²) >= 11 is 0. The molecule has 0 heterocycles. The van der Waals surface area contributed by atoms with E-state index in [4.69, 9.17) is 13.6 Å². The van der Waals surface area contributed by atoms with Crippen molar-refractivity contribution in [1.29, 1.82) is 0 Å². The average Bonchev–Trinajstić information content (AvgIpc) is 2.28. The van der Waals surface area contributed by atoms with Gasteiger partial charge in [-0.3, -0.25) is 13.8 Å². The molecule has 0 radical (unpaired) electrons. The van der Waals surface area contributed by atoms with Crippen molar-refractivity contribution in [2.75, 3.05) is 13.2 Å². The van der Waals surface area contributed by atoms with Crippen molar-refractivity contribution in [3.05, 3.63) is 0 Å². The fourth-order valence-corrected chi connectivity index (χ4v) is 2.44. The predicted octanol–water partition coefficient (Wildman–Crippen LogP) is 4.32. The summed E-state index contributed by atoms with van der Waals surface area (Å²) in [4.78, 5) is 11.6. The highest BCUT2D eigenvalue weighted by Crippen LogP contribution is 2.50. The van der Waals surface area contributed by atoms with Crippen LogP contribution >= 0.6 is 7.82 Å². The lowest BCUT2D eigenvalue weighted by Gasteiger charge is -2.17. The Bertz CT molecular complexity index is 277. The van der Waals surface area contributed by atoms with E-state index in [0.29, 0.717) is 0 Å². The Labute approximate surface area is 116 Å². The maximum absolute atomic E-state index is 12.3. The minimum Gasteiger partial charge on any atom is -0.370 e. The Morgan fingerprint density at radius 1 is 1.05 bits per heavy atom. The second-order valence-corrected chi connectivity index (χ2v) is 6.48. The van der Waals surface area contributed by atoms with E-state index in [1.807, 2.05) is 27.7 Å². The second-order valence-electron chi connectivity index (χ2n) is 4.88. The van der Waals surface area contributed by atoms with Crippen LogP contribution in [0.15, 0.2) is 0 Å². The van der Waals surface area contributed by atoms with Crippen LogP contribution in [0.1, 0.15) is 59.8 Å². The molecule has 0 atom stereocenters. The molecular weight excluding hydrogens is 267 g/mol. The molecule has 6 heteroatoms. The predicted molar refractivity (Wildman–Crippen MR) is 74.9 cm³/mol. The molecule has 0 aromatic carbocycles. The molecule has 114 valence electrons. The first-order chi connectivity index (χ1) is 8.93. The Morgan fingerprint density at radius 3 is 1.89 bits per heavy atom. The van der Waals surface area contributed by atoms with Crippen molar-refractivity contribution in [3.8, 4) is 0 Å². The van der Waals surface area contributed by atoms with Crippen molar-refractivity contribution in [3.63, 3.8) is 0 Å². The molecule has 5 nitrogen and oxygen atoms in total. The van der Waals surface area contributed by atoms with E-state index in [9.17, 15) is 9.36 Å². The van der Waals surface area contributed by atoms with Crippen LogP contribution in [-0.2, 0) is 22.9 Å². The van der Waals surface area contributed by atoms with E-state index < -0.39 is 13.8 Å². The first kappa shape index (κ1) is 18.6. The van der Waals surface area contributed by atoms with Gasteiger partial charge in [0.1, 0.15) is 0 Å². The number of phosphoric acid groups is 1. The van der Waals surface area contributed by atoms with Crippen LogP contribution in [0.2, 0.25) is 0 Å². The van der Waals surface area contributed by atoms with Gasteiger partial charge >= 0.3 is 13.8 Å². The molecule has 0 fully saturated rings. The van der Waals surface area contributed by atoms with Crippen LogP contribution in [0.5, 0.6) is 0 Å². The molecule has 0 saturated carbocycles.